The second kappa shape index (κ2) is 6.39. The van der Waals surface area contributed by atoms with Crippen molar-refractivity contribution in [2.45, 2.75) is 43.8 Å². The minimum Gasteiger partial charge on any atom is -0.326 e. The Morgan fingerprint density at radius 1 is 1.29 bits per heavy atom. The second-order valence-electron chi connectivity index (χ2n) is 4.89. The van der Waals surface area contributed by atoms with Crippen molar-refractivity contribution in [3.63, 3.8) is 0 Å². The van der Waals surface area contributed by atoms with Crippen LogP contribution in [-0.4, -0.2) is 24.0 Å². The molecule has 0 aromatic heterocycles. The van der Waals surface area contributed by atoms with Crippen molar-refractivity contribution in [1.29, 1.82) is 0 Å². The van der Waals surface area contributed by atoms with Gasteiger partial charge in [0.05, 0.1) is 0 Å². The highest BCUT2D eigenvalue weighted by atomic mass is 35.5. The molecule has 1 heterocycles. The molecule has 0 aliphatic carbocycles. The summed E-state index contributed by atoms with van der Waals surface area (Å²) >= 11 is 5.73. The average Bonchev–Trinajstić information content (AvgIpc) is 2.68. The average molecular weight is 253 g/mol. The highest BCUT2D eigenvalue weighted by Crippen LogP contribution is 2.19. The summed E-state index contributed by atoms with van der Waals surface area (Å²) in [5.74, 6) is 0.730. The Kier molecular flexibility index (Phi) is 4.84. The van der Waals surface area contributed by atoms with Gasteiger partial charge in [-0.15, -0.1) is 11.6 Å². The number of alkyl halides is 1. The van der Waals surface area contributed by atoms with Crippen LogP contribution in [0.5, 0.6) is 0 Å². The van der Waals surface area contributed by atoms with E-state index in [1.807, 2.05) is 0 Å². The first kappa shape index (κ1) is 12.9. The lowest BCUT2D eigenvalue weighted by Crippen LogP contribution is -2.37. The van der Waals surface area contributed by atoms with Crippen molar-refractivity contribution >= 4 is 11.6 Å². The van der Waals surface area contributed by atoms with Gasteiger partial charge in [0.2, 0.25) is 0 Å². The van der Waals surface area contributed by atoms with Gasteiger partial charge >= 0.3 is 0 Å². The molecule has 1 saturated heterocycles. The van der Waals surface area contributed by atoms with Crippen LogP contribution in [0.3, 0.4) is 0 Å². The Morgan fingerprint density at radius 2 is 2.06 bits per heavy atom. The van der Waals surface area contributed by atoms with Crippen molar-refractivity contribution < 1.29 is 0 Å². The summed E-state index contributed by atoms with van der Waals surface area (Å²) in [5, 5.41) is 3.64. The molecule has 3 N–H and O–H groups in total. The number of nitrogens with two attached hydrogens (primary N) is 1. The van der Waals surface area contributed by atoms with Gasteiger partial charge in [-0.2, -0.15) is 0 Å². The maximum Gasteiger partial charge on any atom is 0.0224 e. The van der Waals surface area contributed by atoms with E-state index in [-0.39, 0.29) is 6.04 Å². The van der Waals surface area contributed by atoms with Gasteiger partial charge in [0.25, 0.3) is 0 Å². The van der Waals surface area contributed by atoms with Crippen LogP contribution >= 0.6 is 11.6 Å². The molecule has 0 saturated carbocycles. The zero-order valence-corrected chi connectivity index (χ0v) is 10.9. The topological polar surface area (TPSA) is 38.0 Å². The quantitative estimate of drug-likeness (QED) is 0.790. The van der Waals surface area contributed by atoms with E-state index < -0.39 is 0 Å². The predicted octanol–water partition coefficient (Wildman–Crippen LogP) is 2.31. The lowest BCUT2D eigenvalue weighted by molar-refractivity contribution is 0.482. The number of hydrogen-bond donors (Lipinski definition) is 2. The molecule has 94 valence electrons. The van der Waals surface area contributed by atoms with E-state index in [0.29, 0.717) is 12.1 Å². The molecule has 1 aromatic carbocycles. The normalized spacial score (nSPS) is 28.5. The summed E-state index contributed by atoms with van der Waals surface area (Å²) in [4.78, 5) is 0. The summed E-state index contributed by atoms with van der Waals surface area (Å²) in [5.41, 5.74) is 7.54. The largest absolute Gasteiger partial charge is 0.326 e. The predicted molar refractivity (Wildman–Crippen MR) is 73.4 cm³/mol. The molecular weight excluding hydrogens is 232 g/mol. The van der Waals surface area contributed by atoms with Gasteiger partial charge in [0.1, 0.15) is 0 Å². The van der Waals surface area contributed by atoms with E-state index in [0.717, 1.165) is 31.6 Å². The molecule has 0 radical (unpaired) electrons. The molecule has 2 unspecified atom stereocenters. The molecule has 0 bridgehead atoms. The zero-order valence-electron chi connectivity index (χ0n) is 10.1. The highest BCUT2D eigenvalue weighted by Gasteiger charge is 2.30. The molecule has 1 fully saturated rings. The first-order chi connectivity index (χ1) is 8.29. The molecule has 3 heteroatoms. The molecule has 2 rings (SSSR count). The lowest BCUT2D eigenvalue weighted by atomic mass is 10.0. The molecule has 0 amide bonds. The lowest BCUT2D eigenvalue weighted by Gasteiger charge is -2.15. The van der Waals surface area contributed by atoms with Gasteiger partial charge < -0.3 is 11.1 Å². The minimum atomic E-state index is 0.284. The van der Waals surface area contributed by atoms with Crippen molar-refractivity contribution in [2.24, 2.45) is 5.73 Å². The van der Waals surface area contributed by atoms with E-state index in [1.165, 1.54) is 5.56 Å². The molecule has 1 aliphatic heterocycles. The fourth-order valence-electron chi connectivity index (χ4n) is 2.62. The van der Waals surface area contributed by atoms with Crippen LogP contribution in [0, 0.1) is 0 Å². The van der Waals surface area contributed by atoms with E-state index in [1.54, 1.807) is 0 Å². The van der Waals surface area contributed by atoms with Crippen molar-refractivity contribution in [1.82, 2.24) is 5.32 Å². The number of halogens is 1. The summed E-state index contributed by atoms with van der Waals surface area (Å²) in [6, 6.07) is 11.9. The molecule has 0 spiro atoms. The molecule has 1 aromatic rings. The van der Waals surface area contributed by atoms with Crippen molar-refractivity contribution in [3.05, 3.63) is 35.9 Å². The van der Waals surface area contributed by atoms with Crippen LogP contribution in [0.2, 0.25) is 0 Å². The maximum absolute atomic E-state index is 6.16. The van der Waals surface area contributed by atoms with Gasteiger partial charge in [0.15, 0.2) is 0 Å². The molecule has 3 atom stereocenters. The van der Waals surface area contributed by atoms with Gasteiger partial charge in [-0.05, 0) is 31.2 Å². The van der Waals surface area contributed by atoms with Gasteiger partial charge in [-0.25, -0.2) is 0 Å². The number of rotatable bonds is 5. The third kappa shape index (κ3) is 3.70. The third-order valence-corrected chi connectivity index (χ3v) is 3.76. The van der Waals surface area contributed by atoms with Crippen molar-refractivity contribution in [3.8, 4) is 0 Å². The van der Waals surface area contributed by atoms with Crippen LogP contribution < -0.4 is 11.1 Å². The SMILES string of the molecule is N[C@H]1CC(Cc2ccccc2)NC1CCCCl. The fraction of sp³-hybridized carbons (Fsp3) is 0.571. The maximum atomic E-state index is 6.16. The smallest absolute Gasteiger partial charge is 0.0224 e. The number of nitrogens with one attached hydrogen (secondary N) is 1. The van der Waals surface area contributed by atoms with Gasteiger partial charge in [-0.3, -0.25) is 0 Å². The van der Waals surface area contributed by atoms with E-state index >= 15 is 0 Å². The van der Waals surface area contributed by atoms with E-state index in [9.17, 15) is 0 Å². The number of benzene rings is 1. The monoisotopic (exact) mass is 252 g/mol. The Labute approximate surface area is 109 Å². The van der Waals surface area contributed by atoms with Gasteiger partial charge in [0, 0.05) is 24.0 Å². The second-order valence-corrected chi connectivity index (χ2v) is 5.27. The Balaban J connectivity index is 1.84. The van der Waals surface area contributed by atoms with E-state index in [4.69, 9.17) is 17.3 Å². The van der Waals surface area contributed by atoms with Crippen LogP contribution in [0.4, 0.5) is 0 Å². The number of hydrogen-bond acceptors (Lipinski definition) is 2. The molecule has 17 heavy (non-hydrogen) atoms. The van der Waals surface area contributed by atoms with Crippen molar-refractivity contribution in [2.75, 3.05) is 5.88 Å². The van der Waals surface area contributed by atoms with Crippen LogP contribution in [0.25, 0.3) is 0 Å². The van der Waals surface area contributed by atoms with E-state index in [2.05, 4.69) is 35.6 Å². The molecular formula is C14H21ClN2. The molecule has 1 aliphatic rings. The Morgan fingerprint density at radius 3 is 2.76 bits per heavy atom. The van der Waals surface area contributed by atoms with Crippen LogP contribution in [0.15, 0.2) is 30.3 Å². The summed E-state index contributed by atoms with van der Waals surface area (Å²) in [6.45, 7) is 0. The zero-order chi connectivity index (χ0) is 12.1. The summed E-state index contributed by atoms with van der Waals surface area (Å²) < 4.78 is 0. The van der Waals surface area contributed by atoms with Gasteiger partial charge in [-0.1, -0.05) is 30.3 Å². The first-order valence-corrected chi connectivity index (χ1v) is 6.94. The minimum absolute atomic E-state index is 0.284. The summed E-state index contributed by atoms with van der Waals surface area (Å²) in [6.07, 6.45) is 4.29. The molecule has 2 nitrogen and oxygen atoms in total. The standard InChI is InChI=1S/C14H21ClN2/c15-8-4-7-14-13(16)10-12(17-14)9-11-5-2-1-3-6-11/h1-3,5-6,12-14,17H,4,7-10,16H2/t12?,13-,14?/m0/s1. The van der Waals surface area contributed by atoms with Crippen LogP contribution in [-0.2, 0) is 6.42 Å². The highest BCUT2D eigenvalue weighted by molar-refractivity contribution is 6.17. The third-order valence-electron chi connectivity index (χ3n) is 3.50. The Hall–Kier alpha value is -0.570. The fourth-order valence-corrected chi connectivity index (χ4v) is 2.78. The Bertz CT molecular complexity index is 328. The first-order valence-electron chi connectivity index (χ1n) is 6.41. The van der Waals surface area contributed by atoms with Crippen LogP contribution in [0.1, 0.15) is 24.8 Å². The summed E-state index contributed by atoms with van der Waals surface area (Å²) in [7, 11) is 0.